The van der Waals surface area contributed by atoms with Gasteiger partial charge in [0.2, 0.25) is 0 Å². The molecular formula is C24H30O6. The summed E-state index contributed by atoms with van der Waals surface area (Å²) in [6.45, 7) is 6.45. The Morgan fingerprint density at radius 1 is 1.00 bits per heavy atom. The van der Waals surface area contributed by atoms with Gasteiger partial charge in [0.25, 0.3) is 0 Å². The number of ether oxygens (including phenoxy) is 3. The quantitative estimate of drug-likeness (QED) is 0.551. The predicted molar refractivity (Wildman–Crippen MR) is 109 cm³/mol. The Bertz CT molecular complexity index is 876. The minimum absolute atomic E-state index is 0.192. The van der Waals surface area contributed by atoms with Gasteiger partial charge in [0, 0.05) is 26.2 Å². The fourth-order valence-electron chi connectivity index (χ4n) is 6.44. The summed E-state index contributed by atoms with van der Waals surface area (Å²) in [6, 6.07) is 5.99. The van der Waals surface area contributed by atoms with Gasteiger partial charge in [-0.3, -0.25) is 14.4 Å². The zero-order valence-corrected chi connectivity index (χ0v) is 18.1. The van der Waals surface area contributed by atoms with Crippen molar-refractivity contribution in [3.05, 3.63) is 29.3 Å². The van der Waals surface area contributed by atoms with Crippen molar-refractivity contribution < 1.29 is 28.6 Å². The number of hydrogen-bond acceptors (Lipinski definition) is 6. The lowest BCUT2D eigenvalue weighted by atomic mass is 9.55. The molecular weight excluding hydrogens is 384 g/mol. The number of fused-ring (bicyclic) bond motifs is 5. The molecule has 0 heterocycles. The summed E-state index contributed by atoms with van der Waals surface area (Å²) >= 11 is 0. The average Bonchev–Trinajstić information content (AvgIpc) is 2.92. The molecule has 3 aliphatic rings. The van der Waals surface area contributed by atoms with Crippen LogP contribution in [-0.4, -0.2) is 30.1 Å². The van der Waals surface area contributed by atoms with Gasteiger partial charge < -0.3 is 14.2 Å². The van der Waals surface area contributed by atoms with Crippen LogP contribution >= 0.6 is 0 Å². The van der Waals surface area contributed by atoms with Gasteiger partial charge in [0.15, 0.2) is 0 Å². The van der Waals surface area contributed by atoms with E-state index in [0.717, 1.165) is 32.1 Å². The Hall–Kier alpha value is -2.37. The maximum atomic E-state index is 11.8. The van der Waals surface area contributed by atoms with E-state index in [4.69, 9.17) is 14.2 Å². The number of esters is 3. The zero-order chi connectivity index (χ0) is 21.6. The van der Waals surface area contributed by atoms with E-state index in [0.29, 0.717) is 23.5 Å². The summed E-state index contributed by atoms with van der Waals surface area (Å²) in [5.74, 6) is 0.839. The van der Waals surface area contributed by atoms with E-state index < -0.39 is 6.10 Å². The molecule has 0 amide bonds. The molecule has 0 aromatic heterocycles. The fraction of sp³-hybridized carbons (Fsp3) is 0.625. The van der Waals surface area contributed by atoms with Crippen molar-refractivity contribution in [2.75, 3.05) is 0 Å². The SMILES string of the molecule is CC(=O)Oc1ccc2c(c1)CC[C@H]1[C@H]3C[C@@H](OC(C)=O)[C@H](OC(C)=O)[C@]3(C)CC[C@@H]21. The largest absolute Gasteiger partial charge is 0.459 e. The van der Waals surface area contributed by atoms with Crippen molar-refractivity contribution >= 4 is 17.9 Å². The highest BCUT2D eigenvalue weighted by atomic mass is 16.6. The maximum absolute atomic E-state index is 11.8. The average molecular weight is 414 g/mol. The van der Waals surface area contributed by atoms with Crippen LogP contribution in [-0.2, 0) is 30.3 Å². The highest BCUT2D eigenvalue weighted by molar-refractivity contribution is 5.69. The minimum atomic E-state index is -0.391. The molecule has 0 bridgehead atoms. The van der Waals surface area contributed by atoms with E-state index in [-0.39, 0.29) is 29.4 Å². The molecule has 2 saturated carbocycles. The van der Waals surface area contributed by atoms with Gasteiger partial charge >= 0.3 is 17.9 Å². The Morgan fingerprint density at radius 2 is 1.73 bits per heavy atom. The van der Waals surface area contributed by atoms with Crippen LogP contribution in [0, 0.1) is 17.3 Å². The van der Waals surface area contributed by atoms with Crippen molar-refractivity contribution in [3.8, 4) is 5.75 Å². The lowest BCUT2D eigenvalue weighted by Crippen LogP contribution is -2.46. The molecule has 162 valence electrons. The molecule has 3 aliphatic carbocycles. The van der Waals surface area contributed by atoms with Crippen LogP contribution in [0.2, 0.25) is 0 Å². The molecule has 6 heteroatoms. The summed E-state index contributed by atoms with van der Waals surface area (Å²) in [4.78, 5) is 34.8. The van der Waals surface area contributed by atoms with Crippen molar-refractivity contribution in [2.45, 2.75) is 77.9 Å². The van der Waals surface area contributed by atoms with Crippen molar-refractivity contribution in [3.63, 3.8) is 0 Å². The van der Waals surface area contributed by atoms with Gasteiger partial charge in [0.05, 0.1) is 0 Å². The monoisotopic (exact) mass is 414 g/mol. The molecule has 4 rings (SSSR count). The summed E-state index contributed by atoms with van der Waals surface area (Å²) < 4.78 is 16.6. The maximum Gasteiger partial charge on any atom is 0.308 e. The number of carbonyl (C=O) groups is 3. The molecule has 0 spiro atoms. The zero-order valence-electron chi connectivity index (χ0n) is 18.1. The van der Waals surface area contributed by atoms with Crippen molar-refractivity contribution in [1.82, 2.24) is 0 Å². The molecule has 30 heavy (non-hydrogen) atoms. The highest BCUT2D eigenvalue weighted by Gasteiger charge is 2.61. The van der Waals surface area contributed by atoms with E-state index in [9.17, 15) is 14.4 Å². The molecule has 0 saturated heterocycles. The third kappa shape index (κ3) is 3.61. The first kappa shape index (κ1) is 20.9. The first-order valence-electron chi connectivity index (χ1n) is 10.8. The van der Waals surface area contributed by atoms with Crippen molar-refractivity contribution in [1.29, 1.82) is 0 Å². The highest BCUT2D eigenvalue weighted by Crippen LogP contribution is 2.62. The van der Waals surface area contributed by atoms with Gasteiger partial charge in [-0.1, -0.05) is 13.0 Å². The molecule has 6 nitrogen and oxygen atoms in total. The number of benzene rings is 1. The number of aryl methyl sites for hydroxylation is 1. The van der Waals surface area contributed by atoms with Crippen LogP contribution in [0.1, 0.15) is 70.4 Å². The molecule has 0 radical (unpaired) electrons. The van der Waals surface area contributed by atoms with Gasteiger partial charge in [-0.05, 0) is 73.1 Å². The van der Waals surface area contributed by atoms with E-state index in [2.05, 4.69) is 13.0 Å². The third-order valence-corrected chi connectivity index (χ3v) is 7.48. The first-order chi connectivity index (χ1) is 14.2. The van der Waals surface area contributed by atoms with Crippen molar-refractivity contribution in [2.24, 2.45) is 17.3 Å². The summed E-state index contributed by atoms with van der Waals surface area (Å²) in [5, 5.41) is 0. The first-order valence-corrected chi connectivity index (χ1v) is 10.8. The van der Waals surface area contributed by atoms with E-state index in [1.54, 1.807) is 0 Å². The smallest absolute Gasteiger partial charge is 0.308 e. The Labute approximate surface area is 177 Å². The Morgan fingerprint density at radius 3 is 2.40 bits per heavy atom. The second-order valence-corrected chi connectivity index (χ2v) is 9.33. The van der Waals surface area contributed by atoms with E-state index in [1.165, 1.54) is 31.9 Å². The molecule has 2 fully saturated rings. The van der Waals surface area contributed by atoms with Crippen LogP contribution < -0.4 is 4.74 Å². The van der Waals surface area contributed by atoms with Crippen LogP contribution in [0.4, 0.5) is 0 Å². The second-order valence-electron chi connectivity index (χ2n) is 9.33. The molecule has 0 aliphatic heterocycles. The Balaban J connectivity index is 1.62. The Kier molecular flexibility index (Phi) is 5.37. The van der Waals surface area contributed by atoms with Gasteiger partial charge in [-0.25, -0.2) is 0 Å². The van der Waals surface area contributed by atoms with Gasteiger partial charge in [0.1, 0.15) is 18.0 Å². The van der Waals surface area contributed by atoms with E-state index >= 15 is 0 Å². The lowest BCUT2D eigenvalue weighted by Gasteiger charge is -2.50. The lowest BCUT2D eigenvalue weighted by molar-refractivity contribution is -0.171. The van der Waals surface area contributed by atoms with Crippen LogP contribution in [0.15, 0.2) is 18.2 Å². The van der Waals surface area contributed by atoms with Crippen LogP contribution in [0.5, 0.6) is 5.75 Å². The number of carbonyl (C=O) groups excluding carboxylic acids is 3. The van der Waals surface area contributed by atoms with Gasteiger partial charge in [-0.2, -0.15) is 0 Å². The topological polar surface area (TPSA) is 78.9 Å². The molecule has 1 aromatic carbocycles. The molecule has 1 aromatic rings. The third-order valence-electron chi connectivity index (χ3n) is 7.48. The predicted octanol–water partition coefficient (Wildman–Crippen LogP) is 3.94. The fourth-order valence-corrected chi connectivity index (χ4v) is 6.44. The second kappa shape index (κ2) is 7.71. The minimum Gasteiger partial charge on any atom is -0.459 e. The van der Waals surface area contributed by atoms with Crippen LogP contribution in [0.25, 0.3) is 0 Å². The van der Waals surface area contributed by atoms with Crippen LogP contribution in [0.3, 0.4) is 0 Å². The summed E-state index contributed by atoms with van der Waals surface area (Å²) in [7, 11) is 0. The molecule has 6 atom stereocenters. The summed E-state index contributed by atoms with van der Waals surface area (Å²) in [5.41, 5.74) is 2.40. The van der Waals surface area contributed by atoms with E-state index in [1.807, 2.05) is 12.1 Å². The van der Waals surface area contributed by atoms with Gasteiger partial charge in [-0.15, -0.1) is 0 Å². The number of rotatable bonds is 3. The standard InChI is InChI=1S/C24H30O6/c1-13(25)28-17-6-8-18-16(11-17)5-7-20-19(18)9-10-24(4)21(20)12-22(29-14(2)26)23(24)30-15(3)27/h6,8,11,19-23H,5,7,9-10,12H2,1-4H3/t19-,20+,21+,22+,23-,24+/m0/s1. The summed E-state index contributed by atoms with van der Waals surface area (Å²) in [6.07, 6.45) is 3.83. The molecule has 0 N–H and O–H groups in total. The number of hydrogen-bond donors (Lipinski definition) is 0. The normalized spacial score (nSPS) is 34.2. The molecule has 0 unspecified atom stereocenters.